The molecule has 0 aliphatic carbocycles. The Balaban J connectivity index is 1.26. The van der Waals surface area contributed by atoms with Crippen molar-refractivity contribution in [2.24, 2.45) is 0 Å². The molecule has 1 unspecified atom stereocenters. The molecular weight excluding hydrogens is 456 g/mol. The van der Waals surface area contributed by atoms with Gasteiger partial charge in [0.2, 0.25) is 15.9 Å². The van der Waals surface area contributed by atoms with E-state index in [0.717, 1.165) is 36.6 Å². The van der Waals surface area contributed by atoms with Gasteiger partial charge in [0, 0.05) is 37.5 Å². The van der Waals surface area contributed by atoms with Crippen LogP contribution in [0.25, 0.3) is 0 Å². The minimum atomic E-state index is -3.72. The van der Waals surface area contributed by atoms with Crippen molar-refractivity contribution in [1.82, 2.24) is 14.2 Å². The number of rotatable bonds is 6. The van der Waals surface area contributed by atoms with Crippen LogP contribution in [-0.2, 0) is 34.3 Å². The van der Waals surface area contributed by atoms with Crippen molar-refractivity contribution in [3.63, 3.8) is 0 Å². The van der Waals surface area contributed by atoms with Crippen LogP contribution in [-0.4, -0.2) is 47.6 Å². The van der Waals surface area contributed by atoms with Crippen LogP contribution in [0.1, 0.15) is 29.0 Å². The first-order chi connectivity index (χ1) is 16.0. The smallest absolute Gasteiger partial charge is 0.244 e. The molecule has 0 radical (unpaired) electrons. The number of carbonyl (C=O) groups is 1. The summed E-state index contributed by atoms with van der Waals surface area (Å²) in [5, 5.41) is 3.45. The number of thiazole rings is 1. The minimum absolute atomic E-state index is 0.216. The molecule has 1 atom stereocenters. The molecule has 3 heterocycles. The lowest BCUT2D eigenvalue weighted by Gasteiger charge is -2.25. The zero-order chi connectivity index (χ0) is 22.8. The van der Waals surface area contributed by atoms with Crippen molar-refractivity contribution in [2.75, 3.05) is 18.4 Å². The average molecular weight is 483 g/mol. The Labute approximate surface area is 198 Å². The molecule has 1 amide bonds. The van der Waals surface area contributed by atoms with Crippen LogP contribution in [0.4, 0.5) is 5.13 Å². The maximum Gasteiger partial charge on any atom is 0.244 e. The molecule has 3 aromatic rings. The predicted molar refractivity (Wildman–Crippen MR) is 128 cm³/mol. The summed E-state index contributed by atoms with van der Waals surface area (Å²) in [5.74, 6) is -0.306. The van der Waals surface area contributed by atoms with E-state index < -0.39 is 16.1 Å². The molecule has 2 aliphatic heterocycles. The minimum Gasteiger partial charge on any atom is -0.301 e. The van der Waals surface area contributed by atoms with Crippen LogP contribution < -0.4 is 5.32 Å². The van der Waals surface area contributed by atoms with Gasteiger partial charge in [0.15, 0.2) is 5.13 Å². The number of aromatic nitrogens is 1. The van der Waals surface area contributed by atoms with Gasteiger partial charge in [-0.1, -0.05) is 48.5 Å². The number of hydrogen-bond donors (Lipinski definition) is 1. The van der Waals surface area contributed by atoms with Gasteiger partial charge in [-0.05, 0) is 30.5 Å². The highest BCUT2D eigenvalue weighted by Gasteiger charge is 2.39. The maximum absolute atomic E-state index is 13.1. The van der Waals surface area contributed by atoms with Crippen LogP contribution in [0, 0.1) is 0 Å². The van der Waals surface area contributed by atoms with Crippen LogP contribution in [0.15, 0.2) is 65.6 Å². The number of hydrogen-bond acceptors (Lipinski definition) is 6. The molecule has 172 valence electrons. The Morgan fingerprint density at radius 3 is 2.55 bits per heavy atom. The van der Waals surface area contributed by atoms with E-state index in [2.05, 4.69) is 39.5 Å². The number of anilines is 1. The summed E-state index contributed by atoms with van der Waals surface area (Å²) in [4.78, 5) is 21.5. The van der Waals surface area contributed by atoms with Crippen LogP contribution in [0.2, 0.25) is 0 Å². The summed E-state index contributed by atoms with van der Waals surface area (Å²) < 4.78 is 27.5. The molecule has 33 heavy (non-hydrogen) atoms. The molecule has 1 saturated heterocycles. The first-order valence-corrected chi connectivity index (χ1v) is 13.4. The van der Waals surface area contributed by atoms with E-state index >= 15 is 0 Å². The van der Waals surface area contributed by atoms with E-state index in [0.29, 0.717) is 24.5 Å². The summed E-state index contributed by atoms with van der Waals surface area (Å²) >= 11 is 1.49. The Kier molecular flexibility index (Phi) is 6.29. The van der Waals surface area contributed by atoms with Gasteiger partial charge in [0.25, 0.3) is 0 Å². The maximum atomic E-state index is 13.1. The average Bonchev–Trinajstić information content (AvgIpc) is 3.47. The third kappa shape index (κ3) is 4.72. The molecule has 5 rings (SSSR count). The topological polar surface area (TPSA) is 82.6 Å². The van der Waals surface area contributed by atoms with Gasteiger partial charge in [0.05, 0.1) is 10.6 Å². The van der Waals surface area contributed by atoms with Crippen LogP contribution in [0.3, 0.4) is 0 Å². The largest absolute Gasteiger partial charge is 0.301 e. The Hall–Kier alpha value is -2.59. The van der Waals surface area contributed by atoms with Gasteiger partial charge in [-0.25, -0.2) is 13.4 Å². The van der Waals surface area contributed by atoms with E-state index in [4.69, 9.17) is 0 Å². The SMILES string of the molecule is O=C(Nc1nc2c(s1)CN(Cc1ccccc1)CC2)C1CCCN1S(=O)(=O)c1ccccc1. The molecule has 7 nitrogen and oxygen atoms in total. The number of carbonyl (C=O) groups excluding carboxylic acids is 1. The Bertz CT molecular complexity index is 1230. The van der Waals surface area contributed by atoms with Crippen molar-refractivity contribution < 1.29 is 13.2 Å². The lowest BCUT2D eigenvalue weighted by molar-refractivity contribution is -0.119. The van der Waals surface area contributed by atoms with Crippen LogP contribution >= 0.6 is 11.3 Å². The second-order valence-electron chi connectivity index (χ2n) is 8.41. The number of amides is 1. The molecule has 9 heteroatoms. The lowest BCUT2D eigenvalue weighted by Crippen LogP contribution is -2.43. The van der Waals surface area contributed by atoms with Gasteiger partial charge in [-0.2, -0.15) is 4.31 Å². The normalized spacial score (nSPS) is 19.3. The summed E-state index contributed by atoms with van der Waals surface area (Å²) in [6.07, 6.45) is 2.01. The van der Waals surface area contributed by atoms with E-state index in [1.165, 1.54) is 21.2 Å². The second kappa shape index (κ2) is 9.34. The van der Waals surface area contributed by atoms with Crippen molar-refractivity contribution in [3.8, 4) is 0 Å². The van der Waals surface area contributed by atoms with E-state index in [-0.39, 0.29) is 10.8 Å². The number of sulfonamides is 1. The third-order valence-electron chi connectivity index (χ3n) is 6.15. The monoisotopic (exact) mass is 482 g/mol. The van der Waals surface area contributed by atoms with Crippen molar-refractivity contribution >= 4 is 32.4 Å². The van der Waals surface area contributed by atoms with E-state index in [1.54, 1.807) is 30.3 Å². The van der Waals surface area contributed by atoms with E-state index in [9.17, 15) is 13.2 Å². The predicted octanol–water partition coefficient (Wildman–Crippen LogP) is 3.49. The summed E-state index contributed by atoms with van der Waals surface area (Å²) in [6, 6.07) is 18.0. The summed E-state index contributed by atoms with van der Waals surface area (Å²) in [6.45, 7) is 2.95. The third-order valence-corrected chi connectivity index (χ3v) is 9.07. The molecule has 1 fully saturated rings. The van der Waals surface area contributed by atoms with Crippen LogP contribution in [0.5, 0.6) is 0 Å². The zero-order valence-electron chi connectivity index (χ0n) is 18.2. The van der Waals surface area contributed by atoms with Gasteiger partial charge in [-0.15, -0.1) is 11.3 Å². The number of fused-ring (bicyclic) bond motifs is 1. The second-order valence-corrected chi connectivity index (χ2v) is 11.4. The summed E-state index contributed by atoms with van der Waals surface area (Å²) in [7, 11) is -3.72. The molecule has 2 aromatic carbocycles. The first kappa shape index (κ1) is 22.2. The number of nitrogens with one attached hydrogen (secondary N) is 1. The molecule has 2 aliphatic rings. The fourth-order valence-electron chi connectivity index (χ4n) is 4.48. The van der Waals surface area contributed by atoms with Gasteiger partial charge in [-0.3, -0.25) is 9.69 Å². The van der Waals surface area contributed by atoms with Crippen molar-refractivity contribution in [2.45, 2.75) is 43.3 Å². The molecule has 0 spiro atoms. The zero-order valence-corrected chi connectivity index (χ0v) is 19.8. The van der Waals surface area contributed by atoms with Crippen molar-refractivity contribution in [3.05, 3.63) is 76.8 Å². The van der Waals surface area contributed by atoms with E-state index in [1.807, 2.05) is 6.07 Å². The number of benzene rings is 2. The molecule has 0 saturated carbocycles. The molecular formula is C24H26N4O3S2. The van der Waals surface area contributed by atoms with Gasteiger partial charge < -0.3 is 5.32 Å². The highest BCUT2D eigenvalue weighted by Crippen LogP contribution is 2.31. The quantitative estimate of drug-likeness (QED) is 0.582. The first-order valence-electron chi connectivity index (χ1n) is 11.1. The molecule has 1 aromatic heterocycles. The molecule has 1 N–H and O–H groups in total. The fourth-order valence-corrected chi connectivity index (χ4v) is 7.22. The van der Waals surface area contributed by atoms with Crippen molar-refractivity contribution in [1.29, 1.82) is 0 Å². The Morgan fingerprint density at radius 2 is 1.79 bits per heavy atom. The highest BCUT2D eigenvalue weighted by molar-refractivity contribution is 7.89. The molecule has 0 bridgehead atoms. The standard InChI is InChI=1S/C24H26N4O3S2/c29-23(21-12-7-14-28(21)33(30,31)19-10-5-2-6-11-19)26-24-25-20-13-15-27(17-22(20)32-24)16-18-8-3-1-4-9-18/h1-6,8-11,21H,7,12-17H2,(H,25,26,29). The van der Waals surface area contributed by atoms with Gasteiger partial charge >= 0.3 is 0 Å². The fraction of sp³-hybridized carbons (Fsp3) is 0.333. The van der Waals surface area contributed by atoms with Gasteiger partial charge in [0.1, 0.15) is 6.04 Å². The lowest BCUT2D eigenvalue weighted by atomic mass is 10.1. The Morgan fingerprint density at radius 1 is 1.06 bits per heavy atom. The number of nitrogens with zero attached hydrogens (tertiary/aromatic N) is 3. The summed E-state index contributed by atoms with van der Waals surface area (Å²) in [5.41, 5.74) is 2.31. The highest BCUT2D eigenvalue weighted by atomic mass is 32.2.